The molecule has 1 aliphatic carbocycles. The first-order chi connectivity index (χ1) is 9.69. The molecule has 1 atom stereocenters. The summed E-state index contributed by atoms with van der Waals surface area (Å²) in [6.45, 7) is 5.49. The van der Waals surface area contributed by atoms with Gasteiger partial charge >= 0.3 is 0 Å². The summed E-state index contributed by atoms with van der Waals surface area (Å²) < 4.78 is 0. The van der Waals surface area contributed by atoms with Crippen LogP contribution in [-0.4, -0.2) is 47.1 Å². The molecule has 1 saturated carbocycles. The van der Waals surface area contributed by atoms with Crippen molar-refractivity contribution in [3.8, 4) is 0 Å². The lowest BCUT2D eigenvalue weighted by atomic mass is 9.88. The van der Waals surface area contributed by atoms with Crippen molar-refractivity contribution in [2.75, 3.05) is 13.6 Å². The number of hydrogen-bond donors (Lipinski definition) is 2. The Bertz CT molecular complexity index is 357. The van der Waals surface area contributed by atoms with Crippen molar-refractivity contribution < 1.29 is 14.7 Å². The fourth-order valence-corrected chi connectivity index (χ4v) is 2.86. The number of carbonyl (C=O) groups excluding carboxylic acids is 2. The van der Waals surface area contributed by atoms with Crippen LogP contribution in [0.15, 0.2) is 0 Å². The highest BCUT2D eigenvalue weighted by Gasteiger charge is 2.24. The topological polar surface area (TPSA) is 69.6 Å². The first-order valence-electron chi connectivity index (χ1n) is 7.96. The van der Waals surface area contributed by atoms with Crippen LogP contribution in [0.1, 0.15) is 59.3 Å². The standard InChI is InChI=1S/C16H30N2O3/c1-12(10-14(19)18(4)11-16(2,3)21)17-15(20)13-8-6-5-7-9-13/h12-13,21H,5-11H2,1-4H3,(H,17,20). The zero-order chi connectivity index (χ0) is 16.0. The third-order valence-corrected chi connectivity index (χ3v) is 3.90. The van der Waals surface area contributed by atoms with Crippen LogP contribution in [0.2, 0.25) is 0 Å². The lowest BCUT2D eigenvalue weighted by molar-refractivity contribution is -0.133. The third-order valence-electron chi connectivity index (χ3n) is 3.90. The monoisotopic (exact) mass is 298 g/mol. The molecular formula is C16H30N2O3. The Kier molecular flexibility index (Phi) is 6.65. The van der Waals surface area contributed by atoms with E-state index >= 15 is 0 Å². The summed E-state index contributed by atoms with van der Waals surface area (Å²) in [4.78, 5) is 25.7. The average molecular weight is 298 g/mol. The van der Waals surface area contributed by atoms with E-state index in [1.165, 1.54) is 11.3 Å². The predicted molar refractivity (Wildman–Crippen MR) is 82.7 cm³/mol. The van der Waals surface area contributed by atoms with Gasteiger partial charge in [-0.3, -0.25) is 9.59 Å². The number of hydrogen-bond acceptors (Lipinski definition) is 3. The van der Waals surface area contributed by atoms with E-state index < -0.39 is 5.60 Å². The number of amides is 2. The van der Waals surface area contributed by atoms with Crippen molar-refractivity contribution >= 4 is 11.8 Å². The molecule has 122 valence electrons. The van der Waals surface area contributed by atoms with E-state index in [9.17, 15) is 14.7 Å². The summed E-state index contributed by atoms with van der Waals surface area (Å²) in [6, 6.07) is -0.170. The van der Waals surface area contributed by atoms with Crippen LogP contribution in [-0.2, 0) is 9.59 Å². The van der Waals surface area contributed by atoms with Crippen molar-refractivity contribution in [2.24, 2.45) is 5.92 Å². The van der Waals surface area contributed by atoms with E-state index in [1.54, 1.807) is 20.9 Å². The van der Waals surface area contributed by atoms with E-state index in [-0.39, 0.29) is 36.7 Å². The zero-order valence-electron chi connectivity index (χ0n) is 13.8. The van der Waals surface area contributed by atoms with Gasteiger partial charge in [0.25, 0.3) is 0 Å². The van der Waals surface area contributed by atoms with Crippen LogP contribution in [0.25, 0.3) is 0 Å². The lowest BCUT2D eigenvalue weighted by Gasteiger charge is -2.27. The Morgan fingerprint density at radius 2 is 1.86 bits per heavy atom. The first kappa shape index (κ1) is 18.0. The van der Waals surface area contributed by atoms with Gasteiger partial charge in [0.1, 0.15) is 0 Å². The van der Waals surface area contributed by atoms with E-state index in [0.29, 0.717) is 0 Å². The van der Waals surface area contributed by atoms with Gasteiger partial charge in [-0.05, 0) is 33.6 Å². The molecule has 2 N–H and O–H groups in total. The maximum Gasteiger partial charge on any atom is 0.224 e. The van der Waals surface area contributed by atoms with Gasteiger partial charge in [-0.15, -0.1) is 0 Å². The minimum Gasteiger partial charge on any atom is -0.389 e. The van der Waals surface area contributed by atoms with Gasteiger partial charge < -0.3 is 15.3 Å². The normalized spacial score (nSPS) is 18.1. The summed E-state index contributed by atoms with van der Waals surface area (Å²) in [7, 11) is 1.68. The molecule has 0 aliphatic heterocycles. The molecule has 5 heteroatoms. The van der Waals surface area contributed by atoms with Gasteiger partial charge in [-0.1, -0.05) is 19.3 Å². The summed E-state index contributed by atoms with van der Waals surface area (Å²) in [5.41, 5.74) is -0.904. The Morgan fingerprint density at radius 3 is 2.38 bits per heavy atom. The molecule has 0 aromatic carbocycles. The zero-order valence-corrected chi connectivity index (χ0v) is 13.8. The summed E-state index contributed by atoms with van der Waals surface area (Å²) in [5.74, 6) is 0.138. The van der Waals surface area contributed by atoms with Gasteiger partial charge in [0.2, 0.25) is 11.8 Å². The van der Waals surface area contributed by atoms with Crippen molar-refractivity contribution in [3.63, 3.8) is 0 Å². The second kappa shape index (κ2) is 7.78. The summed E-state index contributed by atoms with van der Waals surface area (Å²) >= 11 is 0. The molecule has 1 fully saturated rings. The fraction of sp³-hybridized carbons (Fsp3) is 0.875. The van der Waals surface area contributed by atoms with Gasteiger partial charge in [0.05, 0.1) is 5.60 Å². The van der Waals surface area contributed by atoms with Gasteiger partial charge in [0, 0.05) is 32.0 Å². The molecule has 21 heavy (non-hydrogen) atoms. The van der Waals surface area contributed by atoms with Crippen molar-refractivity contribution in [3.05, 3.63) is 0 Å². The molecule has 0 aromatic rings. The number of carbonyl (C=O) groups is 2. The maximum atomic E-state index is 12.1. The number of likely N-dealkylation sites (N-methyl/N-ethyl adjacent to an activating group) is 1. The molecule has 0 bridgehead atoms. The largest absolute Gasteiger partial charge is 0.389 e. The first-order valence-corrected chi connectivity index (χ1v) is 7.96. The van der Waals surface area contributed by atoms with Crippen molar-refractivity contribution in [1.82, 2.24) is 10.2 Å². The molecule has 0 radical (unpaired) electrons. The Balaban J connectivity index is 2.36. The lowest BCUT2D eigenvalue weighted by Crippen LogP contribution is -2.44. The Morgan fingerprint density at radius 1 is 1.29 bits per heavy atom. The molecule has 2 amide bonds. The quantitative estimate of drug-likeness (QED) is 0.784. The SMILES string of the molecule is CC(CC(=O)N(C)CC(C)(C)O)NC(=O)C1CCCCC1. The minimum absolute atomic E-state index is 0.0615. The Labute approximate surface area is 128 Å². The molecule has 0 aromatic heterocycles. The van der Waals surface area contributed by atoms with Crippen LogP contribution >= 0.6 is 0 Å². The van der Waals surface area contributed by atoms with Crippen molar-refractivity contribution in [2.45, 2.75) is 70.9 Å². The predicted octanol–water partition coefficient (Wildman–Crippen LogP) is 1.69. The van der Waals surface area contributed by atoms with Gasteiger partial charge in [0.15, 0.2) is 0 Å². The van der Waals surface area contributed by atoms with Crippen LogP contribution in [0.5, 0.6) is 0 Å². The second-order valence-electron chi connectivity index (χ2n) is 7.01. The molecular weight excluding hydrogens is 268 g/mol. The van der Waals surface area contributed by atoms with E-state index in [1.807, 2.05) is 6.92 Å². The third kappa shape index (κ3) is 6.93. The van der Waals surface area contributed by atoms with Crippen molar-refractivity contribution in [1.29, 1.82) is 0 Å². The van der Waals surface area contributed by atoms with E-state index in [0.717, 1.165) is 25.7 Å². The highest BCUT2D eigenvalue weighted by Crippen LogP contribution is 2.23. The molecule has 5 nitrogen and oxygen atoms in total. The van der Waals surface area contributed by atoms with Crippen LogP contribution in [0.4, 0.5) is 0 Å². The highest BCUT2D eigenvalue weighted by atomic mass is 16.3. The van der Waals surface area contributed by atoms with Gasteiger partial charge in [-0.2, -0.15) is 0 Å². The highest BCUT2D eigenvalue weighted by molar-refractivity contribution is 5.81. The molecule has 1 unspecified atom stereocenters. The number of rotatable bonds is 6. The van der Waals surface area contributed by atoms with Gasteiger partial charge in [-0.25, -0.2) is 0 Å². The number of nitrogens with one attached hydrogen (secondary N) is 1. The minimum atomic E-state index is -0.904. The maximum absolute atomic E-state index is 12.1. The molecule has 1 aliphatic rings. The van der Waals surface area contributed by atoms with E-state index in [2.05, 4.69) is 5.32 Å². The Hall–Kier alpha value is -1.10. The summed E-state index contributed by atoms with van der Waals surface area (Å²) in [6.07, 6.45) is 5.67. The summed E-state index contributed by atoms with van der Waals surface area (Å²) in [5, 5.41) is 12.7. The average Bonchev–Trinajstić information content (AvgIpc) is 2.37. The molecule has 0 heterocycles. The number of aliphatic hydroxyl groups is 1. The van der Waals surface area contributed by atoms with Crippen LogP contribution in [0, 0.1) is 5.92 Å². The molecule has 0 spiro atoms. The smallest absolute Gasteiger partial charge is 0.224 e. The van der Waals surface area contributed by atoms with Crippen LogP contribution < -0.4 is 5.32 Å². The fourth-order valence-electron chi connectivity index (χ4n) is 2.86. The second-order valence-corrected chi connectivity index (χ2v) is 7.01. The number of nitrogens with zero attached hydrogens (tertiary/aromatic N) is 1. The van der Waals surface area contributed by atoms with Crippen LogP contribution in [0.3, 0.4) is 0 Å². The molecule has 0 saturated heterocycles. The van der Waals surface area contributed by atoms with E-state index in [4.69, 9.17) is 0 Å². The molecule has 1 rings (SSSR count).